The van der Waals surface area contributed by atoms with Crippen molar-refractivity contribution >= 4 is 12.3 Å². The smallest absolute Gasteiger partial charge is 0.437 e. The van der Waals surface area contributed by atoms with Crippen molar-refractivity contribution in [3.63, 3.8) is 0 Å². The normalized spacial score (nSPS) is 8.55. The molecule has 0 bridgehead atoms. The lowest BCUT2D eigenvalue weighted by Crippen LogP contribution is -2.14. The molecule has 0 saturated heterocycles. The van der Waals surface area contributed by atoms with Crippen molar-refractivity contribution in [1.29, 1.82) is 0 Å². The first-order valence-corrected chi connectivity index (χ1v) is 2.62. The Balaban J connectivity index is 3.44. The molecular formula is C5H8O6. The molecule has 0 aliphatic carbocycles. The van der Waals surface area contributed by atoms with Gasteiger partial charge in [-0.3, -0.25) is 0 Å². The molecule has 0 saturated carbocycles. The molecule has 0 aliphatic rings. The third-order valence-corrected chi connectivity index (χ3v) is 0.628. The second-order valence-electron chi connectivity index (χ2n) is 1.36. The highest BCUT2D eigenvalue weighted by Crippen LogP contribution is 1.88. The molecule has 11 heavy (non-hydrogen) atoms. The lowest BCUT2D eigenvalue weighted by molar-refractivity contribution is -0.0223. The summed E-state index contributed by atoms with van der Waals surface area (Å²) in [5.74, 6) is 0. The van der Waals surface area contributed by atoms with Crippen molar-refractivity contribution in [2.45, 2.75) is 0 Å². The summed E-state index contributed by atoms with van der Waals surface area (Å²) in [7, 11) is 2.40. The highest BCUT2D eigenvalue weighted by atomic mass is 16.8. The molecule has 0 aromatic rings. The Morgan fingerprint density at radius 3 is 2.27 bits per heavy atom. The summed E-state index contributed by atoms with van der Waals surface area (Å²) < 4.78 is 16.4. The van der Waals surface area contributed by atoms with Crippen molar-refractivity contribution in [1.82, 2.24) is 0 Å². The van der Waals surface area contributed by atoms with Crippen LogP contribution in [-0.4, -0.2) is 33.3 Å². The molecule has 0 aromatic carbocycles. The minimum Gasteiger partial charge on any atom is -0.437 e. The van der Waals surface area contributed by atoms with Gasteiger partial charge in [0.2, 0.25) is 0 Å². The monoisotopic (exact) mass is 164 g/mol. The van der Waals surface area contributed by atoms with Crippen LogP contribution < -0.4 is 0 Å². The number of carbonyl (C=O) groups is 2. The Hall–Kier alpha value is -1.30. The van der Waals surface area contributed by atoms with Crippen molar-refractivity contribution in [3.8, 4) is 0 Å². The van der Waals surface area contributed by atoms with E-state index in [-0.39, 0.29) is 6.79 Å². The van der Waals surface area contributed by atoms with Crippen LogP contribution in [0.1, 0.15) is 0 Å². The minimum atomic E-state index is -1.15. The highest BCUT2D eigenvalue weighted by molar-refractivity contribution is 5.76. The van der Waals surface area contributed by atoms with Crippen LogP contribution in [0.4, 0.5) is 9.59 Å². The van der Waals surface area contributed by atoms with Crippen molar-refractivity contribution in [3.05, 3.63) is 0 Å². The molecule has 0 aromatic heterocycles. The fourth-order valence-electron chi connectivity index (χ4n) is 0.246. The molecule has 0 rings (SSSR count). The Kier molecular flexibility index (Phi) is 4.83. The summed E-state index contributed by atoms with van der Waals surface area (Å²) >= 11 is 0. The van der Waals surface area contributed by atoms with E-state index < -0.39 is 12.3 Å². The molecule has 0 atom stereocenters. The third kappa shape index (κ3) is 5.16. The van der Waals surface area contributed by atoms with Crippen LogP contribution in [0.3, 0.4) is 0 Å². The van der Waals surface area contributed by atoms with E-state index in [2.05, 4.69) is 18.9 Å². The van der Waals surface area contributed by atoms with Gasteiger partial charge in [0, 0.05) is 7.11 Å². The molecule has 0 unspecified atom stereocenters. The average Bonchev–Trinajstić information content (AvgIpc) is 2.00. The zero-order valence-corrected chi connectivity index (χ0v) is 6.16. The zero-order valence-electron chi connectivity index (χ0n) is 6.16. The number of ether oxygens (including phenoxy) is 4. The van der Waals surface area contributed by atoms with E-state index in [1.54, 1.807) is 0 Å². The summed E-state index contributed by atoms with van der Waals surface area (Å²) in [6, 6.07) is 0. The number of methoxy groups -OCH3 is 2. The van der Waals surface area contributed by atoms with Crippen molar-refractivity contribution in [2.75, 3.05) is 21.0 Å². The predicted molar refractivity (Wildman–Crippen MR) is 31.8 cm³/mol. The molecule has 6 nitrogen and oxygen atoms in total. The van der Waals surface area contributed by atoms with Gasteiger partial charge in [0.25, 0.3) is 0 Å². The Morgan fingerprint density at radius 2 is 1.82 bits per heavy atom. The number of hydrogen-bond acceptors (Lipinski definition) is 6. The summed E-state index contributed by atoms with van der Waals surface area (Å²) in [6.45, 7) is -0.268. The van der Waals surface area contributed by atoms with Crippen LogP contribution in [0.5, 0.6) is 0 Å². The van der Waals surface area contributed by atoms with E-state index >= 15 is 0 Å². The first kappa shape index (κ1) is 9.70. The summed E-state index contributed by atoms with van der Waals surface area (Å²) in [6.07, 6.45) is -2.27. The van der Waals surface area contributed by atoms with E-state index in [0.29, 0.717) is 0 Å². The van der Waals surface area contributed by atoms with Gasteiger partial charge >= 0.3 is 12.3 Å². The van der Waals surface area contributed by atoms with Gasteiger partial charge in [0.15, 0.2) is 6.79 Å². The number of carbonyl (C=O) groups excluding carboxylic acids is 2. The van der Waals surface area contributed by atoms with Gasteiger partial charge in [0.05, 0.1) is 7.11 Å². The van der Waals surface area contributed by atoms with E-state index in [4.69, 9.17) is 0 Å². The molecule has 6 heteroatoms. The molecule has 0 aliphatic heterocycles. The third-order valence-electron chi connectivity index (χ3n) is 0.628. The number of hydrogen-bond donors (Lipinski definition) is 0. The Labute approximate surface area is 63.0 Å². The molecule has 64 valence electrons. The van der Waals surface area contributed by atoms with Gasteiger partial charge in [-0.15, -0.1) is 0 Å². The fourth-order valence-corrected chi connectivity index (χ4v) is 0.246. The van der Waals surface area contributed by atoms with E-state index in [9.17, 15) is 9.59 Å². The van der Waals surface area contributed by atoms with E-state index in [1.165, 1.54) is 7.11 Å². The van der Waals surface area contributed by atoms with Crippen LogP contribution in [0.2, 0.25) is 0 Å². The lowest BCUT2D eigenvalue weighted by atomic mass is 11.2. The summed E-state index contributed by atoms with van der Waals surface area (Å²) in [5.41, 5.74) is 0. The maximum absolute atomic E-state index is 10.3. The molecule has 0 radical (unpaired) electrons. The fraction of sp³-hybridized carbons (Fsp3) is 0.600. The molecule has 0 spiro atoms. The van der Waals surface area contributed by atoms with Gasteiger partial charge < -0.3 is 18.9 Å². The van der Waals surface area contributed by atoms with Crippen LogP contribution >= 0.6 is 0 Å². The average molecular weight is 164 g/mol. The van der Waals surface area contributed by atoms with Gasteiger partial charge in [-0.05, 0) is 0 Å². The van der Waals surface area contributed by atoms with E-state index in [0.717, 1.165) is 7.11 Å². The van der Waals surface area contributed by atoms with Crippen LogP contribution in [0.15, 0.2) is 0 Å². The first-order valence-electron chi connectivity index (χ1n) is 2.62. The van der Waals surface area contributed by atoms with Crippen molar-refractivity contribution < 1.29 is 28.5 Å². The molecule has 0 heterocycles. The van der Waals surface area contributed by atoms with Crippen LogP contribution in [0, 0.1) is 0 Å². The Bertz CT molecular complexity index is 142. The molecule has 0 amide bonds. The molecule has 0 fully saturated rings. The molecular weight excluding hydrogens is 156 g/mol. The summed E-state index contributed by atoms with van der Waals surface area (Å²) in [5, 5.41) is 0. The topological polar surface area (TPSA) is 71.1 Å². The second-order valence-corrected chi connectivity index (χ2v) is 1.36. The SMILES string of the molecule is COCOC(=O)OC(=O)OC. The van der Waals surface area contributed by atoms with Gasteiger partial charge in [-0.25, -0.2) is 9.59 Å². The van der Waals surface area contributed by atoms with Crippen LogP contribution in [-0.2, 0) is 18.9 Å². The first-order chi connectivity index (χ1) is 5.20. The van der Waals surface area contributed by atoms with E-state index in [1.807, 2.05) is 0 Å². The minimum absolute atomic E-state index is 0.268. The zero-order chi connectivity index (χ0) is 8.69. The Morgan fingerprint density at radius 1 is 1.18 bits per heavy atom. The quantitative estimate of drug-likeness (QED) is 0.336. The second kappa shape index (κ2) is 5.48. The maximum atomic E-state index is 10.3. The van der Waals surface area contributed by atoms with Crippen molar-refractivity contribution in [2.24, 2.45) is 0 Å². The largest absolute Gasteiger partial charge is 0.520 e. The standard InChI is InChI=1S/C5H8O6/c1-8-3-10-5(7)11-4(6)9-2/h3H2,1-2H3. The van der Waals surface area contributed by atoms with Gasteiger partial charge in [-0.1, -0.05) is 0 Å². The predicted octanol–water partition coefficient (Wildman–Crippen LogP) is 0.510. The van der Waals surface area contributed by atoms with Gasteiger partial charge in [0.1, 0.15) is 0 Å². The van der Waals surface area contributed by atoms with Crippen LogP contribution in [0.25, 0.3) is 0 Å². The number of rotatable bonds is 2. The molecule has 0 N–H and O–H groups in total. The maximum Gasteiger partial charge on any atom is 0.520 e. The lowest BCUT2D eigenvalue weighted by Gasteiger charge is -2.00. The highest BCUT2D eigenvalue weighted by Gasteiger charge is 2.10. The van der Waals surface area contributed by atoms with Gasteiger partial charge in [-0.2, -0.15) is 0 Å². The summed E-state index contributed by atoms with van der Waals surface area (Å²) in [4.78, 5) is 20.5.